The zero-order valence-corrected chi connectivity index (χ0v) is 16.5. The van der Waals surface area contributed by atoms with Gasteiger partial charge in [0.2, 0.25) is 5.82 Å². The number of hydrogen-bond acceptors (Lipinski definition) is 7. The fourth-order valence-corrected chi connectivity index (χ4v) is 3.79. The van der Waals surface area contributed by atoms with Crippen molar-refractivity contribution in [1.82, 2.24) is 39.8 Å². The van der Waals surface area contributed by atoms with Crippen LogP contribution in [0.4, 0.5) is 0 Å². The second-order valence-corrected chi connectivity index (χ2v) is 7.40. The van der Waals surface area contributed by atoms with Crippen LogP contribution >= 0.6 is 0 Å². The summed E-state index contributed by atoms with van der Waals surface area (Å²) in [6.45, 7) is 7.07. The van der Waals surface area contributed by atoms with Gasteiger partial charge in [0.1, 0.15) is 5.52 Å². The van der Waals surface area contributed by atoms with E-state index in [1.54, 1.807) is 0 Å². The standard InChI is InChI=1S/C20H24N8O/c1-2-27-11-8-16(23-27)20-21-19(24-29-20)15-6-7-18-17(14-15)22-25-28(18)13-12-26-9-4-3-5-10-26/h6-8,11,14H,2-5,9-10,12-13H2,1H3. The van der Waals surface area contributed by atoms with Gasteiger partial charge in [-0.2, -0.15) is 10.1 Å². The van der Waals surface area contributed by atoms with Crippen molar-refractivity contribution in [3.05, 3.63) is 30.5 Å². The van der Waals surface area contributed by atoms with Gasteiger partial charge < -0.3 is 9.42 Å². The first-order valence-corrected chi connectivity index (χ1v) is 10.2. The number of piperidine rings is 1. The molecule has 4 aromatic rings. The molecule has 5 rings (SSSR count). The summed E-state index contributed by atoms with van der Waals surface area (Å²) < 4.78 is 9.21. The van der Waals surface area contributed by atoms with Crippen molar-refractivity contribution in [2.24, 2.45) is 0 Å². The molecule has 0 aliphatic carbocycles. The van der Waals surface area contributed by atoms with Crippen molar-refractivity contribution in [2.45, 2.75) is 39.3 Å². The molecule has 0 radical (unpaired) electrons. The number of aromatic nitrogens is 7. The van der Waals surface area contributed by atoms with Crippen LogP contribution in [0.25, 0.3) is 34.0 Å². The van der Waals surface area contributed by atoms with Gasteiger partial charge >= 0.3 is 0 Å². The first-order chi connectivity index (χ1) is 14.3. The molecule has 0 N–H and O–H groups in total. The SMILES string of the molecule is CCn1ccc(-c2nc(-c3ccc4c(c3)nnn4CCN3CCCCC3)no2)n1. The molecular weight excluding hydrogens is 368 g/mol. The topological polar surface area (TPSA) is 90.7 Å². The number of rotatable bonds is 6. The molecule has 0 unspecified atom stereocenters. The minimum atomic E-state index is 0.414. The Labute approximate surface area is 168 Å². The Kier molecular flexibility index (Phi) is 4.81. The molecule has 1 aliphatic heterocycles. The van der Waals surface area contributed by atoms with Gasteiger partial charge in [0.05, 0.1) is 12.1 Å². The monoisotopic (exact) mass is 392 g/mol. The number of aryl methyl sites for hydroxylation is 1. The van der Waals surface area contributed by atoms with Crippen LogP contribution in [0, 0.1) is 0 Å². The summed E-state index contributed by atoms with van der Waals surface area (Å²) in [5.74, 6) is 0.938. The van der Waals surface area contributed by atoms with Crippen molar-refractivity contribution in [1.29, 1.82) is 0 Å². The van der Waals surface area contributed by atoms with Gasteiger partial charge in [-0.05, 0) is 57.1 Å². The van der Waals surface area contributed by atoms with Crippen molar-refractivity contribution >= 4 is 11.0 Å². The third-order valence-corrected chi connectivity index (χ3v) is 5.46. The van der Waals surface area contributed by atoms with Gasteiger partial charge in [-0.15, -0.1) is 5.10 Å². The zero-order chi connectivity index (χ0) is 19.6. The van der Waals surface area contributed by atoms with E-state index in [4.69, 9.17) is 4.52 Å². The first kappa shape index (κ1) is 18.0. The van der Waals surface area contributed by atoms with E-state index >= 15 is 0 Å². The van der Waals surface area contributed by atoms with E-state index in [9.17, 15) is 0 Å². The fourth-order valence-electron chi connectivity index (χ4n) is 3.79. The van der Waals surface area contributed by atoms with E-state index < -0.39 is 0 Å². The van der Waals surface area contributed by atoms with E-state index in [1.807, 2.05) is 46.7 Å². The van der Waals surface area contributed by atoms with Gasteiger partial charge in [-0.1, -0.05) is 16.8 Å². The fraction of sp³-hybridized carbons (Fsp3) is 0.450. The normalized spacial score (nSPS) is 15.3. The molecule has 0 bridgehead atoms. The zero-order valence-electron chi connectivity index (χ0n) is 16.5. The molecule has 9 heteroatoms. The molecule has 1 fully saturated rings. The summed E-state index contributed by atoms with van der Waals surface area (Å²) >= 11 is 0. The molecule has 150 valence electrons. The highest BCUT2D eigenvalue weighted by molar-refractivity contribution is 5.80. The lowest BCUT2D eigenvalue weighted by Crippen LogP contribution is -2.32. The Morgan fingerprint density at radius 3 is 2.79 bits per heavy atom. The maximum atomic E-state index is 5.40. The number of hydrogen-bond donors (Lipinski definition) is 0. The van der Waals surface area contributed by atoms with Crippen LogP contribution in [-0.4, -0.2) is 59.4 Å². The highest BCUT2D eigenvalue weighted by Crippen LogP contribution is 2.24. The molecule has 1 aromatic carbocycles. The van der Waals surface area contributed by atoms with Gasteiger partial charge in [0.25, 0.3) is 5.89 Å². The smallest absolute Gasteiger partial charge is 0.278 e. The third-order valence-electron chi connectivity index (χ3n) is 5.46. The molecule has 0 atom stereocenters. The third kappa shape index (κ3) is 3.65. The van der Waals surface area contributed by atoms with Crippen LogP contribution in [0.3, 0.4) is 0 Å². The maximum Gasteiger partial charge on any atom is 0.278 e. The van der Waals surface area contributed by atoms with Gasteiger partial charge in [0, 0.05) is 24.8 Å². The van der Waals surface area contributed by atoms with E-state index in [-0.39, 0.29) is 0 Å². The Morgan fingerprint density at radius 2 is 1.97 bits per heavy atom. The van der Waals surface area contributed by atoms with E-state index in [0.717, 1.165) is 36.2 Å². The minimum Gasteiger partial charge on any atom is -0.332 e. The quantitative estimate of drug-likeness (QED) is 0.498. The molecule has 1 saturated heterocycles. The maximum absolute atomic E-state index is 5.40. The summed E-state index contributed by atoms with van der Waals surface area (Å²) in [5.41, 5.74) is 3.39. The molecule has 0 amide bonds. The molecule has 4 heterocycles. The Balaban J connectivity index is 1.34. The highest BCUT2D eigenvalue weighted by atomic mass is 16.5. The van der Waals surface area contributed by atoms with Crippen molar-refractivity contribution in [2.75, 3.05) is 19.6 Å². The molecule has 0 spiro atoms. The molecule has 9 nitrogen and oxygen atoms in total. The summed E-state index contributed by atoms with van der Waals surface area (Å²) in [4.78, 5) is 7.00. The second kappa shape index (κ2) is 7.75. The average molecular weight is 392 g/mol. The van der Waals surface area contributed by atoms with Crippen molar-refractivity contribution < 1.29 is 4.52 Å². The number of fused-ring (bicyclic) bond motifs is 1. The Morgan fingerprint density at radius 1 is 1.07 bits per heavy atom. The average Bonchev–Trinajstić information content (AvgIpc) is 3.51. The largest absolute Gasteiger partial charge is 0.332 e. The number of benzene rings is 1. The summed E-state index contributed by atoms with van der Waals surface area (Å²) in [6, 6.07) is 7.85. The van der Waals surface area contributed by atoms with E-state index in [2.05, 4.69) is 30.5 Å². The minimum absolute atomic E-state index is 0.414. The molecular formula is C20H24N8O. The molecule has 3 aromatic heterocycles. The lowest BCUT2D eigenvalue weighted by atomic mass is 10.1. The van der Waals surface area contributed by atoms with Gasteiger partial charge in [0.15, 0.2) is 5.69 Å². The van der Waals surface area contributed by atoms with Crippen LogP contribution in [0.2, 0.25) is 0 Å². The first-order valence-electron chi connectivity index (χ1n) is 10.2. The molecule has 1 aliphatic rings. The van der Waals surface area contributed by atoms with Crippen LogP contribution in [0.1, 0.15) is 26.2 Å². The van der Waals surface area contributed by atoms with Crippen LogP contribution < -0.4 is 0 Å². The Hall–Kier alpha value is -3.07. The number of likely N-dealkylation sites (tertiary alicyclic amines) is 1. The Bertz CT molecular complexity index is 1100. The summed E-state index contributed by atoms with van der Waals surface area (Å²) in [7, 11) is 0. The van der Waals surface area contributed by atoms with E-state index in [0.29, 0.717) is 17.4 Å². The molecule has 29 heavy (non-hydrogen) atoms. The summed E-state index contributed by atoms with van der Waals surface area (Å²) in [6.07, 6.45) is 5.84. The van der Waals surface area contributed by atoms with Gasteiger partial charge in [-0.3, -0.25) is 4.68 Å². The molecule has 0 saturated carbocycles. The predicted molar refractivity (Wildman–Crippen MR) is 108 cm³/mol. The van der Waals surface area contributed by atoms with Crippen LogP contribution in [0.5, 0.6) is 0 Å². The summed E-state index contributed by atoms with van der Waals surface area (Å²) in [5, 5.41) is 17.2. The van der Waals surface area contributed by atoms with E-state index in [1.165, 1.54) is 32.4 Å². The van der Waals surface area contributed by atoms with Gasteiger partial charge in [-0.25, -0.2) is 4.68 Å². The van der Waals surface area contributed by atoms with Crippen LogP contribution in [0.15, 0.2) is 35.0 Å². The van der Waals surface area contributed by atoms with Crippen molar-refractivity contribution in [3.63, 3.8) is 0 Å². The lowest BCUT2D eigenvalue weighted by Gasteiger charge is -2.26. The lowest BCUT2D eigenvalue weighted by molar-refractivity contribution is 0.218. The second-order valence-electron chi connectivity index (χ2n) is 7.40. The number of nitrogens with zero attached hydrogens (tertiary/aromatic N) is 8. The van der Waals surface area contributed by atoms with Crippen molar-refractivity contribution in [3.8, 4) is 23.0 Å². The predicted octanol–water partition coefficient (Wildman–Crippen LogP) is 2.85. The van der Waals surface area contributed by atoms with Crippen LogP contribution in [-0.2, 0) is 13.1 Å². The highest BCUT2D eigenvalue weighted by Gasteiger charge is 2.15.